The second-order valence-electron chi connectivity index (χ2n) is 8.24. The van der Waals surface area contributed by atoms with E-state index in [1.54, 1.807) is 65.6 Å². The molecule has 0 radical (unpaired) electrons. The van der Waals surface area contributed by atoms with E-state index in [9.17, 15) is 13.8 Å². The summed E-state index contributed by atoms with van der Waals surface area (Å²) in [5.41, 5.74) is 2.77. The van der Waals surface area contributed by atoms with Crippen LogP contribution in [0.15, 0.2) is 101 Å². The topological polar surface area (TPSA) is 66.5 Å². The highest BCUT2D eigenvalue weighted by molar-refractivity contribution is 7.85. The Morgan fingerprint density at radius 2 is 1.58 bits per heavy atom. The van der Waals surface area contributed by atoms with Crippen LogP contribution in [0, 0.1) is 0 Å². The van der Waals surface area contributed by atoms with Crippen molar-refractivity contribution in [1.82, 2.24) is 5.32 Å². The van der Waals surface area contributed by atoms with Crippen LogP contribution in [-0.2, 0) is 23.9 Å². The van der Waals surface area contributed by atoms with Gasteiger partial charge in [0.2, 0.25) is 0 Å². The summed E-state index contributed by atoms with van der Waals surface area (Å²) in [7, 11) is -1.60. The van der Waals surface area contributed by atoms with Crippen molar-refractivity contribution in [3.8, 4) is 0 Å². The van der Waals surface area contributed by atoms with Crippen LogP contribution in [0.25, 0.3) is 0 Å². The Kier molecular flexibility index (Phi) is 6.92. The maximum atomic E-state index is 13.7. The lowest BCUT2D eigenvalue weighted by atomic mass is 10.1. The molecule has 1 aliphatic rings. The number of halogens is 2. The summed E-state index contributed by atoms with van der Waals surface area (Å²) < 4.78 is 13.5. The molecule has 1 heterocycles. The predicted molar refractivity (Wildman–Crippen MR) is 142 cm³/mol. The molecular weight excluding hydrogens is 515 g/mol. The summed E-state index contributed by atoms with van der Waals surface area (Å²) in [4.78, 5) is 29.2. The lowest BCUT2D eigenvalue weighted by molar-refractivity contribution is 0.0947. The summed E-state index contributed by atoms with van der Waals surface area (Å²) in [6.45, 7) is 0.472. The minimum Gasteiger partial charge on any atom is -0.348 e. The molecule has 4 aromatic rings. The van der Waals surface area contributed by atoms with E-state index in [1.807, 2.05) is 30.3 Å². The molecule has 1 atom stereocenters. The van der Waals surface area contributed by atoms with Gasteiger partial charge in [-0.2, -0.15) is 0 Å². The standard InChI is InChI=1S/C28H20Cl2N2O3S/c29-21-12-9-18(10-13-21)17-32-24-15-19(27(33)31-16-20-5-1-3-7-23(20)30)11-14-26(24)36(35)25-8-4-2-6-22(25)28(32)34/h1-15H,16-17H2,(H,31,33)/t36-/m1/s1. The molecule has 36 heavy (non-hydrogen) atoms. The zero-order chi connectivity index (χ0) is 25.2. The third-order valence-corrected chi connectivity index (χ3v) is 8.05. The Labute approximate surface area is 221 Å². The molecule has 0 unspecified atom stereocenters. The number of amides is 2. The van der Waals surface area contributed by atoms with Gasteiger partial charge in [0.25, 0.3) is 11.8 Å². The normalized spacial score (nSPS) is 14.6. The van der Waals surface area contributed by atoms with Crippen molar-refractivity contribution in [2.45, 2.75) is 22.9 Å². The number of carbonyl (C=O) groups is 2. The van der Waals surface area contributed by atoms with E-state index in [4.69, 9.17) is 23.2 Å². The van der Waals surface area contributed by atoms with Crippen LogP contribution in [0.2, 0.25) is 10.0 Å². The van der Waals surface area contributed by atoms with Crippen LogP contribution in [0.1, 0.15) is 31.8 Å². The number of hydrogen-bond acceptors (Lipinski definition) is 3. The van der Waals surface area contributed by atoms with Crippen molar-refractivity contribution in [1.29, 1.82) is 0 Å². The van der Waals surface area contributed by atoms with Gasteiger partial charge in [0.05, 0.1) is 38.4 Å². The first-order valence-corrected chi connectivity index (χ1v) is 13.1. The highest BCUT2D eigenvalue weighted by atomic mass is 35.5. The molecule has 180 valence electrons. The fourth-order valence-corrected chi connectivity index (χ4v) is 5.73. The maximum absolute atomic E-state index is 13.7. The van der Waals surface area contributed by atoms with E-state index in [0.29, 0.717) is 36.7 Å². The van der Waals surface area contributed by atoms with Crippen LogP contribution in [0.3, 0.4) is 0 Å². The van der Waals surface area contributed by atoms with Gasteiger partial charge in [0.15, 0.2) is 0 Å². The smallest absolute Gasteiger partial charge is 0.259 e. The summed E-state index contributed by atoms with van der Waals surface area (Å²) in [6.07, 6.45) is 0. The van der Waals surface area contributed by atoms with Gasteiger partial charge < -0.3 is 10.2 Å². The monoisotopic (exact) mass is 534 g/mol. The van der Waals surface area contributed by atoms with Crippen molar-refractivity contribution < 1.29 is 13.8 Å². The summed E-state index contributed by atoms with van der Waals surface area (Å²) in [6, 6.07) is 26.2. The van der Waals surface area contributed by atoms with Crippen LogP contribution in [0.5, 0.6) is 0 Å². The molecule has 5 nitrogen and oxygen atoms in total. The molecule has 0 aliphatic carbocycles. The third kappa shape index (κ3) is 4.80. The molecule has 2 amide bonds. The quantitative estimate of drug-likeness (QED) is 0.329. The molecule has 0 spiro atoms. The van der Waals surface area contributed by atoms with Crippen LogP contribution in [0.4, 0.5) is 5.69 Å². The molecule has 1 N–H and O–H groups in total. The van der Waals surface area contributed by atoms with Crippen molar-refractivity contribution in [2.75, 3.05) is 4.90 Å². The molecule has 8 heteroatoms. The Balaban J connectivity index is 1.53. The first-order valence-electron chi connectivity index (χ1n) is 11.1. The number of carbonyl (C=O) groups excluding carboxylic acids is 2. The SMILES string of the molecule is O=C(NCc1ccccc1Cl)c1ccc2c(c1)N(Cc1ccc(Cl)cc1)C(=O)c1ccccc1[S@]2=O. The number of hydrogen-bond donors (Lipinski definition) is 1. The van der Waals surface area contributed by atoms with Crippen molar-refractivity contribution in [3.63, 3.8) is 0 Å². The van der Waals surface area contributed by atoms with Gasteiger partial charge in [0.1, 0.15) is 0 Å². The highest BCUT2D eigenvalue weighted by Gasteiger charge is 2.31. The number of fused-ring (bicyclic) bond motifs is 2. The number of rotatable bonds is 5. The van der Waals surface area contributed by atoms with Gasteiger partial charge in [0, 0.05) is 22.2 Å². The van der Waals surface area contributed by atoms with Crippen molar-refractivity contribution >= 4 is 51.5 Å². The average Bonchev–Trinajstić information content (AvgIpc) is 2.98. The molecule has 1 aliphatic heterocycles. The summed E-state index contributed by atoms with van der Waals surface area (Å²) in [5, 5.41) is 4.02. The van der Waals surface area contributed by atoms with Crippen molar-refractivity contribution in [3.05, 3.63) is 123 Å². The van der Waals surface area contributed by atoms with Crippen LogP contribution < -0.4 is 10.2 Å². The molecular formula is C28H20Cl2N2O3S. The van der Waals surface area contributed by atoms with Crippen molar-refractivity contribution in [2.24, 2.45) is 0 Å². The van der Waals surface area contributed by atoms with Gasteiger partial charge in [-0.15, -0.1) is 0 Å². The summed E-state index contributed by atoms with van der Waals surface area (Å²) >= 11 is 12.3. The molecule has 0 saturated heterocycles. The molecule has 0 aromatic heterocycles. The zero-order valence-corrected chi connectivity index (χ0v) is 21.2. The Hall–Kier alpha value is -3.45. The minimum atomic E-state index is -1.60. The third-order valence-electron chi connectivity index (χ3n) is 5.93. The van der Waals surface area contributed by atoms with Gasteiger partial charge in [-0.1, -0.05) is 65.7 Å². The Morgan fingerprint density at radius 1 is 0.861 bits per heavy atom. The Bertz CT molecular complexity index is 1510. The molecule has 5 rings (SSSR count). The highest BCUT2D eigenvalue weighted by Crippen LogP contribution is 2.36. The molecule has 0 fully saturated rings. The van der Waals surface area contributed by atoms with E-state index in [2.05, 4.69) is 5.32 Å². The summed E-state index contributed by atoms with van der Waals surface area (Å²) in [5.74, 6) is -0.620. The lowest BCUT2D eigenvalue weighted by Gasteiger charge is -2.23. The van der Waals surface area contributed by atoms with E-state index >= 15 is 0 Å². The minimum absolute atomic E-state index is 0.221. The molecule has 0 bridgehead atoms. The molecule has 0 saturated carbocycles. The maximum Gasteiger partial charge on any atom is 0.259 e. The van der Waals surface area contributed by atoms with Crippen LogP contribution >= 0.6 is 23.2 Å². The van der Waals surface area contributed by atoms with Gasteiger partial charge >= 0.3 is 0 Å². The fourth-order valence-electron chi connectivity index (χ4n) is 4.05. The van der Waals surface area contributed by atoms with E-state index in [0.717, 1.165) is 11.1 Å². The Morgan fingerprint density at radius 3 is 2.36 bits per heavy atom. The van der Waals surface area contributed by atoms with Gasteiger partial charge in [-0.05, 0) is 59.7 Å². The molecule has 4 aromatic carbocycles. The number of anilines is 1. The van der Waals surface area contributed by atoms with Crippen LogP contribution in [-0.4, -0.2) is 16.0 Å². The fraction of sp³-hybridized carbons (Fsp3) is 0.0714. The largest absolute Gasteiger partial charge is 0.348 e. The number of nitrogens with zero attached hydrogens (tertiary/aromatic N) is 1. The van der Waals surface area contributed by atoms with E-state index in [1.165, 1.54) is 0 Å². The van der Waals surface area contributed by atoms with E-state index < -0.39 is 10.8 Å². The zero-order valence-electron chi connectivity index (χ0n) is 18.9. The second-order valence-corrected chi connectivity index (χ2v) is 10.5. The first-order chi connectivity index (χ1) is 17.4. The second kappa shape index (κ2) is 10.3. The first kappa shape index (κ1) is 24.3. The van der Waals surface area contributed by atoms with E-state index in [-0.39, 0.29) is 24.9 Å². The van der Waals surface area contributed by atoms with Gasteiger partial charge in [-0.25, -0.2) is 4.21 Å². The number of benzene rings is 4. The van der Waals surface area contributed by atoms with Gasteiger partial charge in [-0.3, -0.25) is 9.59 Å². The predicted octanol–water partition coefficient (Wildman–Crippen LogP) is 6.25. The average molecular weight is 535 g/mol. The number of nitrogens with one attached hydrogen (secondary N) is 1. The lowest BCUT2D eigenvalue weighted by Crippen LogP contribution is -2.31.